The van der Waals surface area contributed by atoms with Crippen LogP contribution in [0.2, 0.25) is 0 Å². The van der Waals surface area contributed by atoms with Gasteiger partial charge in [0.1, 0.15) is 5.82 Å². The van der Waals surface area contributed by atoms with Gasteiger partial charge in [0.25, 0.3) is 0 Å². The number of aliphatic hydroxyl groups excluding tert-OH is 1. The van der Waals surface area contributed by atoms with Gasteiger partial charge < -0.3 is 5.11 Å². The van der Waals surface area contributed by atoms with Crippen molar-refractivity contribution < 1.29 is 22.7 Å². The molecule has 0 heterocycles. The summed E-state index contributed by atoms with van der Waals surface area (Å²) >= 11 is 0. The summed E-state index contributed by atoms with van der Waals surface area (Å²) in [6.07, 6.45) is -5.77. The Balaban J connectivity index is 3.20. The molecule has 0 saturated carbocycles. The van der Waals surface area contributed by atoms with Crippen molar-refractivity contribution in [3.8, 4) is 0 Å². The molecule has 1 aromatic rings. The van der Waals surface area contributed by atoms with Crippen molar-refractivity contribution in [1.29, 1.82) is 0 Å². The predicted molar refractivity (Wildman–Crippen MR) is 42.0 cm³/mol. The van der Waals surface area contributed by atoms with Crippen molar-refractivity contribution in [1.82, 2.24) is 0 Å². The SMILES string of the molecule is C[C@@H](O)c1cc(C(F)(F)F)ccc1F. The molecule has 1 rings (SSSR count). The molecule has 0 unspecified atom stereocenters. The van der Waals surface area contributed by atoms with Gasteiger partial charge in [0.2, 0.25) is 0 Å². The summed E-state index contributed by atoms with van der Waals surface area (Å²) in [6.45, 7) is 1.21. The average molecular weight is 208 g/mol. The van der Waals surface area contributed by atoms with Gasteiger partial charge in [-0.15, -0.1) is 0 Å². The van der Waals surface area contributed by atoms with Crippen LogP contribution in [0, 0.1) is 5.82 Å². The van der Waals surface area contributed by atoms with E-state index in [1.807, 2.05) is 0 Å². The monoisotopic (exact) mass is 208 g/mol. The van der Waals surface area contributed by atoms with Crippen LogP contribution >= 0.6 is 0 Å². The van der Waals surface area contributed by atoms with Crippen molar-refractivity contribution in [3.05, 3.63) is 35.1 Å². The van der Waals surface area contributed by atoms with E-state index in [2.05, 4.69) is 0 Å². The van der Waals surface area contributed by atoms with Crippen LogP contribution in [0.25, 0.3) is 0 Å². The standard InChI is InChI=1S/C9H8F4O/c1-5(14)7-4-6(9(11,12)13)2-3-8(7)10/h2-5,14H,1H3/t5-/m1/s1. The first-order chi connectivity index (χ1) is 6.32. The third-order valence-corrected chi connectivity index (χ3v) is 1.77. The van der Waals surface area contributed by atoms with Gasteiger partial charge in [-0.05, 0) is 25.1 Å². The van der Waals surface area contributed by atoms with Gasteiger partial charge in [0.15, 0.2) is 0 Å². The largest absolute Gasteiger partial charge is 0.416 e. The number of hydrogen-bond acceptors (Lipinski definition) is 1. The number of hydrogen-bond donors (Lipinski definition) is 1. The fourth-order valence-corrected chi connectivity index (χ4v) is 1.04. The molecular weight excluding hydrogens is 200 g/mol. The maximum absolute atomic E-state index is 12.9. The van der Waals surface area contributed by atoms with Crippen LogP contribution in [0.3, 0.4) is 0 Å². The molecule has 0 bridgehead atoms. The van der Waals surface area contributed by atoms with Crippen LogP contribution in [0.15, 0.2) is 18.2 Å². The Kier molecular flexibility index (Phi) is 2.80. The third-order valence-electron chi connectivity index (χ3n) is 1.77. The van der Waals surface area contributed by atoms with Crippen molar-refractivity contribution in [2.75, 3.05) is 0 Å². The lowest BCUT2D eigenvalue weighted by atomic mass is 10.1. The van der Waals surface area contributed by atoms with Crippen molar-refractivity contribution in [3.63, 3.8) is 0 Å². The van der Waals surface area contributed by atoms with E-state index in [0.29, 0.717) is 18.2 Å². The topological polar surface area (TPSA) is 20.2 Å². The minimum atomic E-state index is -4.52. The molecule has 5 heteroatoms. The highest BCUT2D eigenvalue weighted by atomic mass is 19.4. The summed E-state index contributed by atoms with van der Waals surface area (Å²) in [5.74, 6) is -0.840. The summed E-state index contributed by atoms with van der Waals surface area (Å²) in [4.78, 5) is 0. The average Bonchev–Trinajstić information content (AvgIpc) is 2.02. The quantitative estimate of drug-likeness (QED) is 0.703. The second-order valence-electron chi connectivity index (χ2n) is 2.91. The molecule has 1 atom stereocenters. The van der Waals surface area contributed by atoms with Crippen molar-refractivity contribution in [2.45, 2.75) is 19.2 Å². The van der Waals surface area contributed by atoms with Gasteiger partial charge in [-0.25, -0.2) is 4.39 Å². The van der Waals surface area contributed by atoms with E-state index < -0.39 is 23.7 Å². The first kappa shape index (κ1) is 11.0. The number of rotatable bonds is 1. The molecule has 0 aliphatic rings. The lowest BCUT2D eigenvalue weighted by Gasteiger charge is -2.11. The highest BCUT2D eigenvalue weighted by Gasteiger charge is 2.31. The molecule has 0 aliphatic heterocycles. The summed E-state index contributed by atoms with van der Waals surface area (Å²) in [6, 6.07) is 1.95. The fourth-order valence-electron chi connectivity index (χ4n) is 1.04. The molecule has 0 amide bonds. The number of alkyl halides is 3. The third kappa shape index (κ3) is 2.23. The van der Waals surface area contributed by atoms with Gasteiger partial charge in [0, 0.05) is 5.56 Å². The Bertz CT molecular complexity index is 330. The molecule has 0 fully saturated rings. The Hall–Kier alpha value is -1.10. The molecular formula is C9H8F4O. The minimum Gasteiger partial charge on any atom is -0.389 e. The van der Waals surface area contributed by atoms with Crippen LogP contribution in [0.1, 0.15) is 24.2 Å². The number of halogens is 4. The number of aliphatic hydroxyl groups is 1. The highest BCUT2D eigenvalue weighted by Crippen LogP contribution is 2.31. The van der Waals surface area contributed by atoms with Crippen LogP contribution in [-0.2, 0) is 6.18 Å². The molecule has 0 aromatic heterocycles. The molecule has 78 valence electrons. The summed E-state index contributed by atoms with van der Waals surface area (Å²) in [7, 11) is 0. The Morgan fingerprint density at radius 2 is 1.86 bits per heavy atom. The summed E-state index contributed by atoms with van der Waals surface area (Å²) in [5, 5.41) is 8.99. The van der Waals surface area contributed by atoms with E-state index in [4.69, 9.17) is 5.11 Å². The molecule has 1 N–H and O–H groups in total. The molecule has 0 saturated heterocycles. The van der Waals surface area contributed by atoms with Gasteiger partial charge in [0.05, 0.1) is 11.7 Å². The Morgan fingerprint density at radius 1 is 1.29 bits per heavy atom. The second-order valence-corrected chi connectivity index (χ2v) is 2.91. The van der Waals surface area contributed by atoms with Crippen LogP contribution in [-0.4, -0.2) is 5.11 Å². The van der Waals surface area contributed by atoms with E-state index in [9.17, 15) is 17.6 Å². The first-order valence-electron chi connectivity index (χ1n) is 3.87. The molecule has 1 aromatic carbocycles. The molecule has 1 nitrogen and oxygen atoms in total. The Morgan fingerprint density at radius 3 is 2.29 bits per heavy atom. The molecule has 0 aliphatic carbocycles. The maximum Gasteiger partial charge on any atom is 0.416 e. The first-order valence-corrected chi connectivity index (χ1v) is 3.87. The van der Waals surface area contributed by atoms with E-state index in [0.717, 1.165) is 0 Å². The van der Waals surface area contributed by atoms with E-state index in [1.165, 1.54) is 6.92 Å². The Labute approximate surface area is 78.0 Å². The van der Waals surface area contributed by atoms with Crippen LogP contribution in [0.4, 0.5) is 17.6 Å². The zero-order valence-corrected chi connectivity index (χ0v) is 7.27. The lowest BCUT2D eigenvalue weighted by molar-refractivity contribution is -0.137. The van der Waals surface area contributed by atoms with Gasteiger partial charge in [-0.1, -0.05) is 0 Å². The second kappa shape index (κ2) is 3.57. The normalized spacial score (nSPS) is 14.1. The summed E-state index contributed by atoms with van der Waals surface area (Å²) < 4.78 is 49.4. The molecule has 14 heavy (non-hydrogen) atoms. The lowest BCUT2D eigenvalue weighted by Crippen LogP contribution is -2.07. The van der Waals surface area contributed by atoms with Crippen molar-refractivity contribution in [2.24, 2.45) is 0 Å². The van der Waals surface area contributed by atoms with E-state index in [-0.39, 0.29) is 5.56 Å². The molecule has 0 radical (unpaired) electrons. The number of benzene rings is 1. The van der Waals surface area contributed by atoms with Gasteiger partial charge in [-0.3, -0.25) is 0 Å². The minimum absolute atomic E-state index is 0.347. The zero-order chi connectivity index (χ0) is 10.9. The summed E-state index contributed by atoms with van der Waals surface area (Å²) in [5.41, 5.74) is -1.31. The van der Waals surface area contributed by atoms with E-state index in [1.54, 1.807) is 0 Å². The highest BCUT2D eigenvalue weighted by molar-refractivity contribution is 5.28. The zero-order valence-electron chi connectivity index (χ0n) is 7.27. The fraction of sp³-hybridized carbons (Fsp3) is 0.333. The molecule has 0 spiro atoms. The van der Waals surface area contributed by atoms with E-state index >= 15 is 0 Å². The van der Waals surface area contributed by atoms with Crippen LogP contribution < -0.4 is 0 Å². The smallest absolute Gasteiger partial charge is 0.389 e. The predicted octanol–water partition coefficient (Wildman–Crippen LogP) is 2.90. The maximum atomic E-state index is 12.9. The van der Waals surface area contributed by atoms with Crippen molar-refractivity contribution >= 4 is 0 Å². The van der Waals surface area contributed by atoms with Crippen LogP contribution in [0.5, 0.6) is 0 Å². The van der Waals surface area contributed by atoms with Gasteiger partial charge in [-0.2, -0.15) is 13.2 Å². The van der Waals surface area contributed by atoms with Gasteiger partial charge >= 0.3 is 6.18 Å².